The SMILES string of the molecule is Cc1cc(NCCCc2ccccc2)ccc1N. The third-order valence-corrected chi connectivity index (χ3v) is 3.08. The van der Waals surface area contributed by atoms with Crippen molar-refractivity contribution in [3.8, 4) is 0 Å². The molecule has 2 heteroatoms. The summed E-state index contributed by atoms with van der Waals surface area (Å²) in [5, 5.41) is 3.43. The summed E-state index contributed by atoms with van der Waals surface area (Å²) in [6, 6.07) is 16.7. The molecular weight excluding hydrogens is 220 g/mol. The summed E-state index contributed by atoms with van der Waals surface area (Å²) in [5.41, 5.74) is 10.3. The summed E-state index contributed by atoms with van der Waals surface area (Å²) in [4.78, 5) is 0. The Morgan fingerprint density at radius 3 is 2.56 bits per heavy atom. The number of nitrogen functional groups attached to an aromatic ring is 1. The van der Waals surface area contributed by atoms with Crippen molar-refractivity contribution in [2.45, 2.75) is 19.8 Å². The van der Waals surface area contributed by atoms with Crippen molar-refractivity contribution in [2.75, 3.05) is 17.6 Å². The molecule has 0 spiro atoms. The number of benzene rings is 2. The van der Waals surface area contributed by atoms with Crippen LogP contribution >= 0.6 is 0 Å². The largest absolute Gasteiger partial charge is 0.399 e. The Morgan fingerprint density at radius 1 is 1.06 bits per heavy atom. The fourth-order valence-electron chi connectivity index (χ4n) is 1.96. The molecule has 2 aromatic carbocycles. The molecule has 0 atom stereocenters. The highest BCUT2D eigenvalue weighted by Crippen LogP contribution is 2.16. The van der Waals surface area contributed by atoms with Crippen molar-refractivity contribution in [1.82, 2.24) is 0 Å². The van der Waals surface area contributed by atoms with E-state index in [9.17, 15) is 0 Å². The number of rotatable bonds is 5. The molecule has 0 aliphatic carbocycles. The van der Waals surface area contributed by atoms with E-state index in [4.69, 9.17) is 5.73 Å². The van der Waals surface area contributed by atoms with Gasteiger partial charge in [-0.15, -0.1) is 0 Å². The van der Waals surface area contributed by atoms with Crippen molar-refractivity contribution >= 4 is 11.4 Å². The van der Waals surface area contributed by atoms with E-state index in [1.54, 1.807) is 0 Å². The van der Waals surface area contributed by atoms with E-state index in [2.05, 4.69) is 41.7 Å². The van der Waals surface area contributed by atoms with Gasteiger partial charge in [0.1, 0.15) is 0 Å². The summed E-state index contributed by atoms with van der Waals surface area (Å²) < 4.78 is 0. The first-order valence-corrected chi connectivity index (χ1v) is 6.39. The van der Waals surface area contributed by atoms with Crippen molar-refractivity contribution in [1.29, 1.82) is 0 Å². The number of hydrogen-bond donors (Lipinski definition) is 2. The smallest absolute Gasteiger partial charge is 0.0345 e. The highest BCUT2D eigenvalue weighted by atomic mass is 14.9. The van der Waals surface area contributed by atoms with Gasteiger partial charge >= 0.3 is 0 Å². The Balaban J connectivity index is 1.77. The quantitative estimate of drug-likeness (QED) is 0.618. The number of nitrogens with one attached hydrogen (secondary N) is 1. The Bertz CT molecular complexity index is 492. The van der Waals surface area contributed by atoms with Crippen LogP contribution in [-0.2, 0) is 6.42 Å². The van der Waals surface area contributed by atoms with Gasteiger partial charge in [-0.1, -0.05) is 30.3 Å². The Labute approximate surface area is 109 Å². The van der Waals surface area contributed by atoms with Gasteiger partial charge in [-0.25, -0.2) is 0 Å². The minimum atomic E-state index is 0.852. The molecule has 0 unspecified atom stereocenters. The first-order chi connectivity index (χ1) is 8.75. The summed E-state index contributed by atoms with van der Waals surface area (Å²) in [6.45, 7) is 3.02. The van der Waals surface area contributed by atoms with Gasteiger partial charge in [0.15, 0.2) is 0 Å². The van der Waals surface area contributed by atoms with Crippen LogP contribution in [0.4, 0.5) is 11.4 Å². The maximum absolute atomic E-state index is 5.79. The third kappa shape index (κ3) is 3.52. The lowest BCUT2D eigenvalue weighted by atomic mass is 10.1. The highest BCUT2D eigenvalue weighted by molar-refractivity contribution is 5.56. The zero-order valence-electron chi connectivity index (χ0n) is 10.8. The zero-order valence-corrected chi connectivity index (χ0v) is 10.8. The average molecular weight is 240 g/mol. The van der Waals surface area contributed by atoms with Crippen molar-refractivity contribution in [3.05, 3.63) is 59.7 Å². The maximum Gasteiger partial charge on any atom is 0.0345 e. The van der Waals surface area contributed by atoms with Crippen LogP contribution < -0.4 is 11.1 Å². The van der Waals surface area contributed by atoms with Gasteiger partial charge < -0.3 is 11.1 Å². The van der Waals surface area contributed by atoms with Crippen LogP contribution in [0.2, 0.25) is 0 Å². The predicted octanol–water partition coefficient (Wildman–Crippen LogP) is 3.62. The molecule has 0 heterocycles. The molecule has 3 N–H and O–H groups in total. The Hall–Kier alpha value is -1.96. The number of anilines is 2. The minimum absolute atomic E-state index is 0.852. The van der Waals surface area contributed by atoms with E-state index < -0.39 is 0 Å². The van der Waals surface area contributed by atoms with E-state index in [-0.39, 0.29) is 0 Å². The van der Waals surface area contributed by atoms with Crippen LogP contribution in [0.3, 0.4) is 0 Å². The first kappa shape index (κ1) is 12.5. The normalized spacial score (nSPS) is 10.3. The minimum Gasteiger partial charge on any atom is -0.399 e. The molecule has 0 bridgehead atoms. The van der Waals surface area contributed by atoms with E-state index in [1.807, 2.05) is 19.1 Å². The van der Waals surface area contributed by atoms with Crippen LogP contribution in [0, 0.1) is 6.92 Å². The van der Waals surface area contributed by atoms with E-state index in [0.717, 1.165) is 36.3 Å². The fraction of sp³-hybridized carbons (Fsp3) is 0.250. The van der Waals surface area contributed by atoms with E-state index >= 15 is 0 Å². The lowest BCUT2D eigenvalue weighted by Gasteiger charge is -2.08. The molecule has 2 aromatic rings. The molecule has 0 saturated heterocycles. The van der Waals surface area contributed by atoms with Gasteiger partial charge in [0.2, 0.25) is 0 Å². The summed E-state index contributed by atoms with van der Waals surface area (Å²) in [7, 11) is 0. The third-order valence-electron chi connectivity index (χ3n) is 3.08. The standard InChI is InChI=1S/C16H20N2/c1-13-12-15(9-10-16(13)17)18-11-5-8-14-6-3-2-4-7-14/h2-4,6-7,9-10,12,18H,5,8,11,17H2,1H3. The molecule has 0 aromatic heterocycles. The van der Waals surface area contributed by atoms with Crippen LogP contribution in [-0.4, -0.2) is 6.54 Å². The molecule has 2 rings (SSSR count). The van der Waals surface area contributed by atoms with E-state index in [1.165, 1.54) is 5.56 Å². The average Bonchev–Trinajstić information content (AvgIpc) is 2.40. The molecule has 94 valence electrons. The van der Waals surface area contributed by atoms with Gasteiger partial charge in [-0.05, 0) is 49.1 Å². The molecule has 0 fully saturated rings. The van der Waals surface area contributed by atoms with Gasteiger partial charge in [0.05, 0.1) is 0 Å². The van der Waals surface area contributed by atoms with E-state index in [0.29, 0.717) is 0 Å². The van der Waals surface area contributed by atoms with Gasteiger partial charge in [-0.2, -0.15) is 0 Å². The van der Waals surface area contributed by atoms with Crippen molar-refractivity contribution in [2.24, 2.45) is 0 Å². The number of aryl methyl sites for hydroxylation is 2. The molecule has 0 radical (unpaired) electrons. The number of hydrogen-bond acceptors (Lipinski definition) is 2. The molecule has 0 amide bonds. The zero-order chi connectivity index (χ0) is 12.8. The fourth-order valence-corrected chi connectivity index (χ4v) is 1.96. The molecule has 0 aliphatic rings. The topological polar surface area (TPSA) is 38.0 Å². The summed E-state index contributed by atoms with van der Waals surface area (Å²) >= 11 is 0. The maximum atomic E-state index is 5.79. The first-order valence-electron chi connectivity index (χ1n) is 6.39. The lowest BCUT2D eigenvalue weighted by molar-refractivity contribution is 0.863. The van der Waals surface area contributed by atoms with Crippen LogP contribution in [0.5, 0.6) is 0 Å². The molecular formula is C16H20N2. The van der Waals surface area contributed by atoms with Crippen LogP contribution in [0.1, 0.15) is 17.5 Å². The lowest BCUT2D eigenvalue weighted by Crippen LogP contribution is -2.03. The monoisotopic (exact) mass is 240 g/mol. The predicted molar refractivity (Wildman–Crippen MR) is 78.8 cm³/mol. The highest BCUT2D eigenvalue weighted by Gasteiger charge is 1.96. The van der Waals surface area contributed by atoms with Gasteiger partial charge in [0, 0.05) is 17.9 Å². The second-order valence-electron chi connectivity index (χ2n) is 4.59. The van der Waals surface area contributed by atoms with Crippen LogP contribution in [0.15, 0.2) is 48.5 Å². The number of nitrogens with two attached hydrogens (primary N) is 1. The van der Waals surface area contributed by atoms with Gasteiger partial charge in [0.25, 0.3) is 0 Å². The van der Waals surface area contributed by atoms with Crippen molar-refractivity contribution < 1.29 is 0 Å². The summed E-state index contributed by atoms with van der Waals surface area (Å²) in [6.07, 6.45) is 2.25. The Kier molecular flexibility index (Phi) is 4.24. The molecule has 0 aliphatic heterocycles. The second-order valence-corrected chi connectivity index (χ2v) is 4.59. The molecule has 0 saturated carbocycles. The molecule has 18 heavy (non-hydrogen) atoms. The molecule has 2 nitrogen and oxygen atoms in total. The summed E-state index contributed by atoms with van der Waals surface area (Å²) in [5.74, 6) is 0. The Morgan fingerprint density at radius 2 is 1.83 bits per heavy atom. The van der Waals surface area contributed by atoms with Crippen molar-refractivity contribution in [3.63, 3.8) is 0 Å². The second kappa shape index (κ2) is 6.10. The van der Waals surface area contributed by atoms with Crippen LogP contribution in [0.25, 0.3) is 0 Å². The van der Waals surface area contributed by atoms with Gasteiger partial charge in [-0.3, -0.25) is 0 Å².